The van der Waals surface area contributed by atoms with Gasteiger partial charge in [-0.2, -0.15) is 0 Å². The van der Waals surface area contributed by atoms with Gasteiger partial charge in [0.1, 0.15) is 5.69 Å². The van der Waals surface area contributed by atoms with Gasteiger partial charge in [-0.1, -0.05) is 26.0 Å². The van der Waals surface area contributed by atoms with Crippen molar-refractivity contribution in [3.63, 3.8) is 0 Å². The smallest absolute Gasteiger partial charge is 0.274 e. The molecule has 30 heavy (non-hydrogen) atoms. The number of carbonyl (C=O) groups is 1. The molecule has 0 aliphatic carbocycles. The van der Waals surface area contributed by atoms with Crippen LogP contribution in [0.25, 0.3) is 6.08 Å². The number of thiazole rings is 1. The molecule has 152 valence electrons. The highest BCUT2D eigenvalue weighted by Crippen LogP contribution is 2.22. The molecule has 1 atom stereocenters. The normalized spacial score (nSPS) is 15.8. The Bertz CT molecular complexity index is 1110. The van der Waals surface area contributed by atoms with Crippen molar-refractivity contribution in [3.05, 3.63) is 83.0 Å². The zero-order valence-electron chi connectivity index (χ0n) is 16.9. The van der Waals surface area contributed by atoms with Crippen molar-refractivity contribution >= 4 is 34.7 Å². The summed E-state index contributed by atoms with van der Waals surface area (Å²) in [5.41, 5.74) is 3.36. The Morgan fingerprint density at radius 3 is 2.97 bits per heavy atom. The highest BCUT2D eigenvalue weighted by molar-refractivity contribution is 7.14. The minimum atomic E-state index is -0.184. The third kappa shape index (κ3) is 4.80. The molecule has 0 bridgehead atoms. The maximum atomic E-state index is 12.7. The van der Waals surface area contributed by atoms with Crippen LogP contribution < -0.4 is 5.32 Å². The Labute approximate surface area is 179 Å². The highest BCUT2D eigenvalue weighted by Gasteiger charge is 2.14. The van der Waals surface area contributed by atoms with E-state index in [2.05, 4.69) is 40.2 Å². The second-order valence-corrected chi connectivity index (χ2v) is 8.30. The minimum absolute atomic E-state index is 0.184. The van der Waals surface area contributed by atoms with Gasteiger partial charge in [-0.25, -0.2) is 4.98 Å². The standard InChI is InChI=1S/C23H23N5OS/c1-16(2)18-11-19(25-13-18)7-8-20-15-30-23(26-20)27-22(29)21-6-4-10-28(21)14-17-5-3-9-24-12-17/h3-13,15-16,18H,14H2,1-2H3,(H,26,27,29)/b8-7+. The second kappa shape index (κ2) is 9.00. The fourth-order valence-electron chi connectivity index (χ4n) is 3.12. The molecule has 1 amide bonds. The first-order valence-corrected chi connectivity index (χ1v) is 10.7. The second-order valence-electron chi connectivity index (χ2n) is 7.44. The summed E-state index contributed by atoms with van der Waals surface area (Å²) in [7, 11) is 0. The maximum Gasteiger partial charge on any atom is 0.274 e. The van der Waals surface area contributed by atoms with Crippen LogP contribution in [-0.2, 0) is 6.54 Å². The van der Waals surface area contributed by atoms with Crippen LogP contribution in [0.3, 0.4) is 0 Å². The van der Waals surface area contributed by atoms with Crippen molar-refractivity contribution in [3.8, 4) is 0 Å². The highest BCUT2D eigenvalue weighted by atomic mass is 32.1. The summed E-state index contributed by atoms with van der Waals surface area (Å²) in [6.45, 7) is 4.95. The maximum absolute atomic E-state index is 12.7. The summed E-state index contributed by atoms with van der Waals surface area (Å²) >= 11 is 1.40. The number of nitrogens with zero attached hydrogens (tertiary/aromatic N) is 4. The lowest BCUT2D eigenvalue weighted by molar-refractivity contribution is 0.101. The average molecular weight is 418 g/mol. The van der Waals surface area contributed by atoms with Gasteiger partial charge < -0.3 is 4.57 Å². The number of hydrogen-bond donors (Lipinski definition) is 1. The molecule has 4 rings (SSSR count). The molecule has 0 spiro atoms. The first-order valence-electron chi connectivity index (χ1n) is 9.83. The van der Waals surface area contributed by atoms with Crippen LogP contribution in [-0.4, -0.2) is 26.7 Å². The largest absolute Gasteiger partial charge is 0.339 e. The number of nitrogens with one attached hydrogen (secondary N) is 1. The van der Waals surface area contributed by atoms with Gasteiger partial charge in [0.2, 0.25) is 0 Å². The van der Waals surface area contributed by atoms with Gasteiger partial charge in [-0.05, 0) is 41.8 Å². The van der Waals surface area contributed by atoms with E-state index in [-0.39, 0.29) is 5.91 Å². The van der Waals surface area contributed by atoms with E-state index in [1.807, 2.05) is 52.7 Å². The molecular formula is C23H23N5OS. The number of carbonyl (C=O) groups excluding carboxylic acids is 1. The van der Waals surface area contributed by atoms with Gasteiger partial charge >= 0.3 is 0 Å². The van der Waals surface area contributed by atoms with Crippen molar-refractivity contribution in [1.82, 2.24) is 14.5 Å². The number of pyridine rings is 1. The molecule has 1 unspecified atom stereocenters. The van der Waals surface area contributed by atoms with Crippen LogP contribution in [0.4, 0.5) is 5.13 Å². The van der Waals surface area contributed by atoms with Crippen molar-refractivity contribution in [1.29, 1.82) is 0 Å². The van der Waals surface area contributed by atoms with E-state index >= 15 is 0 Å². The number of allylic oxidation sites excluding steroid dienone is 2. The third-order valence-electron chi connectivity index (χ3n) is 4.83. The molecule has 0 saturated carbocycles. The summed E-state index contributed by atoms with van der Waals surface area (Å²) < 4.78 is 1.90. The number of amides is 1. The van der Waals surface area contributed by atoms with E-state index in [1.54, 1.807) is 18.5 Å². The number of anilines is 1. The summed E-state index contributed by atoms with van der Waals surface area (Å²) in [5.74, 6) is 0.743. The summed E-state index contributed by atoms with van der Waals surface area (Å²) in [6.07, 6.45) is 13.4. The molecule has 0 fully saturated rings. The minimum Gasteiger partial charge on any atom is -0.339 e. The molecule has 1 N–H and O–H groups in total. The predicted molar refractivity (Wildman–Crippen MR) is 122 cm³/mol. The monoisotopic (exact) mass is 417 g/mol. The third-order valence-corrected chi connectivity index (χ3v) is 5.61. The van der Waals surface area contributed by atoms with Gasteiger partial charge in [0.15, 0.2) is 5.13 Å². The first kappa shape index (κ1) is 20.0. The van der Waals surface area contributed by atoms with E-state index < -0.39 is 0 Å². The molecule has 7 heteroatoms. The number of aromatic nitrogens is 3. The summed E-state index contributed by atoms with van der Waals surface area (Å²) in [5, 5.41) is 5.38. The van der Waals surface area contributed by atoms with Crippen molar-refractivity contribution in [2.45, 2.75) is 20.4 Å². The average Bonchev–Trinajstić information content (AvgIpc) is 3.48. The van der Waals surface area contributed by atoms with Gasteiger partial charge in [0, 0.05) is 42.6 Å². The lowest BCUT2D eigenvalue weighted by Gasteiger charge is -2.08. The van der Waals surface area contributed by atoms with Gasteiger partial charge in [0.05, 0.1) is 11.4 Å². The molecule has 4 heterocycles. The topological polar surface area (TPSA) is 72.2 Å². The number of rotatable bonds is 7. The Morgan fingerprint density at radius 1 is 1.30 bits per heavy atom. The predicted octanol–water partition coefficient (Wildman–Crippen LogP) is 4.89. The van der Waals surface area contributed by atoms with E-state index in [0.29, 0.717) is 29.2 Å². The molecule has 0 saturated heterocycles. The Morgan fingerprint density at radius 2 is 2.20 bits per heavy atom. The quantitative estimate of drug-likeness (QED) is 0.595. The van der Waals surface area contributed by atoms with Crippen molar-refractivity contribution < 1.29 is 4.79 Å². The van der Waals surface area contributed by atoms with Crippen LogP contribution in [0.2, 0.25) is 0 Å². The van der Waals surface area contributed by atoms with Crippen LogP contribution in [0.5, 0.6) is 0 Å². The SMILES string of the molecule is CC(C)C1C=NC(/C=C/c2csc(NC(=O)c3cccn3Cc3cccnc3)n2)=C1. The van der Waals surface area contributed by atoms with Gasteiger partial charge in [-0.3, -0.25) is 20.1 Å². The van der Waals surface area contributed by atoms with E-state index in [0.717, 1.165) is 17.0 Å². The molecule has 0 aromatic carbocycles. The molecule has 3 aromatic heterocycles. The van der Waals surface area contributed by atoms with Gasteiger partial charge in [-0.15, -0.1) is 11.3 Å². The Kier molecular flexibility index (Phi) is 5.99. The summed E-state index contributed by atoms with van der Waals surface area (Å²) in [4.78, 5) is 25.8. The molecular weight excluding hydrogens is 394 g/mol. The number of aliphatic imine (C=N–C) groups is 1. The van der Waals surface area contributed by atoms with Crippen molar-refractivity contribution in [2.24, 2.45) is 16.8 Å². The van der Waals surface area contributed by atoms with Crippen LogP contribution in [0.15, 0.2) is 71.1 Å². The Hall–Kier alpha value is -3.32. The molecule has 1 aliphatic heterocycles. The fraction of sp³-hybridized carbons (Fsp3) is 0.217. The zero-order valence-corrected chi connectivity index (χ0v) is 17.7. The zero-order chi connectivity index (χ0) is 20.9. The number of hydrogen-bond acceptors (Lipinski definition) is 5. The van der Waals surface area contributed by atoms with Gasteiger partial charge in [0.25, 0.3) is 5.91 Å². The lowest BCUT2D eigenvalue weighted by Crippen LogP contribution is -2.17. The van der Waals surface area contributed by atoms with E-state index in [4.69, 9.17) is 0 Å². The van der Waals surface area contributed by atoms with Crippen LogP contribution in [0.1, 0.15) is 35.6 Å². The Balaban J connectivity index is 1.39. The van der Waals surface area contributed by atoms with Crippen molar-refractivity contribution in [2.75, 3.05) is 5.32 Å². The van der Waals surface area contributed by atoms with E-state index in [1.165, 1.54) is 11.3 Å². The van der Waals surface area contributed by atoms with Crippen LogP contribution in [0, 0.1) is 11.8 Å². The lowest BCUT2D eigenvalue weighted by atomic mass is 9.98. The molecule has 6 nitrogen and oxygen atoms in total. The molecule has 3 aromatic rings. The van der Waals surface area contributed by atoms with Crippen LogP contribution >= 0.6 is 11.3 Å². The molecule has 0 radical (unpaired) electrons. The molecule has 1 aliphatic rings. The summed E-state index contributed by atoms with van der Waals surface area (Å²) in [6, 6.07) is 7.54. The van der Waals surface area contributed by atoms with E-state index in [9.17, 15) is 4.79 Å². The fourth-order valence-corrected chi connectivity index (χ4v) is 3.79. The first-order chi connectivity index (χ1) is 14.6.